The molecule has 2 unspecified atom stereocenters. The Balaban J connectivity index is 2.42. The van der Waals surface area contributed by atoms with E-state index in [-0.39, 0.29) is 0 Å². The molecule has 0 aromatic rings. The summed E-state index contributed by atoms with van der Waals surface area (Å²) in [5.41, 5.74) is 0.323. The fourth-order valence-electron chi connectivity index (χ4n) is 2.87. The van der Waals surface area contributed by atoms with E-state index in [2.05, 4.69) is 56.7 Å². The molecule has 1 aliphatic rings. The standard InChI is InChI=1S/C16H35N3/c1-7-14(3)15(17-8-2)13-18-9-11-19(12-10-18)16(4,5)6/h14-15,17H,7-13H2,1-6H3. The van der Waals surface area contributed by atoms with Crippen molar-refractivity contribution in [3.63, 3.8) is 0 Å². The summed E-state index contributed by atoms with van der Waals surface area (Å²) < 4.78 is 0. The van der Waals surface area contributed by atoms with E-state index in [0.29, 0.717) is 11.6 Å². The summed E-state index contributed by atoms with van der Waals surface area (Å²) in [7, 11) is 0. The first-order valence-electron chi connectivity index (χ1n) is 8.09. The van der Waals surface area contributed by atoms with Crippen LogP contribution in [-0.4, -0.2) is 60.6 Å². The Kier molecular flexibility index (Phi) is 6.78. The third kappa shape index (κ3) is 5.41. The molecule has 3 heteroatoms. The van der Waals surface area contributed by atoms with Crippen molar-refractivity contribution in [1.82, 2.24) is 15.1 Å². The van der Waals surface area contributed by atoms with Crippen molar-refractivity contribution in [2.24, 2.45) is 5.92 Å². The Morgan fingerprint density at radius 1 is 1.05 bits per heavy atom. The van der Waals surface area contributed by atoms with Crippen LogP contribution in [0.5, 0.6) is 0 Å². The maximum Gasteiger partial charge on any atom is 0.0220 e. The van der Waals surface area contributed by atoms with Crippen LogP contribution in [0.15, 0.2) is 0 Å². The Labute approximate surface area is 120 Å². The van der Waals surface area contributed by atoms with Gasteiger partial charge in [-0.05, 0) is 33.2 Å². The molecule has 0 radical (unpaired) electrons. The van der Waals surface area contributed by atoms with Gasteiger partial charge < -0.3 is 5.32 Å². The van der Waals surface area contributed by atoms with Gasteiger partial charge in [-0.1, -0.05) is 27.2 Å². The molecule has 1 heterocycles. The molecule has 0 amide bonds. The van der Waals surface area contributed by atoms with Crippen molar-refractivity contribution in [3.8, 4) is 0 Å². The first-order valence-corrected chi connectivity index (χ1v) is 8.09. The zero-order chi connectivity index (χ0) is 14.5. The average molecular weight is 269 g/mol. The molecular formula is C16H35N3. The number of nitrogens with one attached hydrogen (secondary N) is 1. The number of nitrogens with zero attached hydrogens (tertiary/aromatic N) is 2. The highest BCUT2D eigenvalue weighted by Crippen LogP contribution is 2.17. The summed E-state index contributed by atoms with van der Waals surface area (Å²) in [5, 5.41) is 3.67. The quantitative estimate of drug-likeness (QED) is 0.799. The van der Waals surface area contributed by atoms with Crippen LogP contribution in [0.1, 0.15) is 48.0 Å². The van der Waals surface area contributed by atoms with Crippen LogP contribution in [0.4, 0.5) is 0 Å². The van der Waals surface area contributed by atoms with Gasteiger partial charge in [0.2, 0.25) is 0 Å². The Morgan fingerprint density at radius 2 is 1.63 bits per heavy atom. The summed E-state index contributed by atoms with van der Waals surface area (Å²) in [4.78, 5) is 5.25. The van der Waals surface area contributed by atoms with Crippen molar-refractivity contribution in [3.05, 3.63) is 0 Å². The minimum absolute atomic E-state index is 0.323. The highest BCUT2D eigenvalue weighted by atomic mass is 15.3. The van der Waals surface area contributed by atoms with E-state index in [9.17, 15) is 0 Å². The monoisotopic (exact) mass is 269 g/mol. The molecule has 0 bridgehead atoms. The summed E-state index contributed by atoms with van der Waals surface area (Å²) in [6.07, 6.45) is 1.26. The molecule has 1 N–H and O–H groups in total. The van der Waals surface area contributed by atoms with Crippen LogP contribution in [0.2, 0.25) is 0 Å². The third-order valence-corrected chi connectivity index (χ3v) is 4.57. The number of likely N-dealkylation sites (N-methyl/N-ethyl adjacent to an activating group) is 1. The van der Waals surface area contributed by atoms with Crippen LogP contribution in [0.3, 0.4) is 0 Å². The minimum atomic E-state index is 0.323. The first kappa shape index (κ1) is 16.9. The lowest BCUT2D eigenvalue weighted by Gasteiger charge is -2.43. The summed E-state index contributed by atoms with van der Waals surface area (Å²) in [5.74, 6) is 0.764. The van der Waals surface area contributed by atoms with Gasteiger partial charge in [0.25, 0.3) is 0 Å². The topological polar surface area (TPSA) is 18.5 Å². The molecule has 1 aliphatic heterocycles. The molecule has 114 valence electrons. The van der Waals surface area contributed by atoms with E-state index in [1.807, 2.05) is 0 Å². The second kappa shape index (κ2) is 7.61. The SMILES string of the molecule is CCNC(CN1CCN(C(C)(C)C)CC1)C(C)CC. The third-order valence-electron chi connectivity index (χ3n) is 4.57. The van der Waals surface area contributed by atoms with Crippen LogP contribution in [-0.2, 0) is 0 Å². The predicted molar refractivity (Wildman–Crippen MR) is 84.7 cm³/mol. The molecule has 1 fully saturated rings. The highest BCUT2D eigenvalue weighted by Gasteiger charge is 2.27. The van der Waals surface area contributed by atoms with Gasteiger partial charge in [0, 0.05) is 44.3 Å². The van der Waals surface area contributed by atoms with Gasteiger partial charge in [-0.2, -0.15) is 0 Å². The largest absolute Gasteiger partial charge is 0.313 e. The second-order valence-electron chi connectivity index (χ2n) is 7.01. The Bertz CT molecular complexity index is 239. The van der Waals surface area contributed by atoms with Crippen molar-refractivity contribution < 1.29 is 0 Å². The molecule has 3 nitrogen and oxygen atoms in total. The van der Waals surface area contributed by atoms with E-state index >= 15 is 0 Å². The normalized spacial score (nSPS) is 22.4. The zero-order valence-corrected chi connectivity index (χ0v) is 14.0. The van der Waals surface area contributed by atoms with Crippen molar-refractivity contribution in [1.29, 1.82) is 0 Å². The van der Waals surface area contributed by atoms with Gasteiger partial charge in [0.15, 0.2) is 0 Å². The fraction of sp³-hybridized carbons (Fsp3) is 1.00. The summed E-state index contributed by atoms with van der Waals surface area (Å²) in [6.45, 7) is 21.0. The van der Waals surface area contributed by atoms with Gasteiger partial charge in [0.1, 0.15) is 0 Å². The van der Waals surface area contributed by atoms with Gasteiger partial charge in [-0.3, -0.25) is 9.80 Å². The maximum absolute atomic E-state index is 3.67. The van der Waals surface area contributed by atoms with Gasteiger partial charge in [0.05, 0.1) is 0 Å². The smallest absolute Gasteiger partial charge is 0.0220 e. The molecule has 19 heavy (non-hydrogen) atoms. The number of rotatable bonds is 6. The lowest BCUT2D eigenvalue weighted by molar-refractivity contribution is 0.0548. The van der Waals surface area contributed by atoms with Gasteiger partial charge in [-0.15, -0.1) is 0 Å². The Hall–Kier alpha value is -0.120. The van der Waals surface area contributed by atoms with E-state index in [1.54, 1.807) is 0 Å². The summed E-state index contributed by atoms with van der Waals surface area (Å²) >= 11 is 0. The molecular weight excluding hydrogens is 234 g/mol. The lowest BCUT2D eigenvalue weighted by atomic mass is 9.98. The van der Waals surface area contributed by atoms with Crippen LogP contribution in [0, 0.1) is 5.92 Å². The predicted octanol–water partition coefficient (Wildman–Crippen LogP) is 2.43. The first-order chi connectivity index (χ1) is 8.88. The molecule has 0 aromatic carbocycles. The maximum atomic E-state index is 3.67. The minimum Gasteiger partial charge on any atom is -0.313 e. The van der Waals surface area contributed by atoms with E-state index < -0.39 is 0 Å². The van der Waals surface area contributed by atoms with E-state index in [1.165, 1.54) is 39.1 Å². The lowest BCUT2D eigenvalue weighted by Crippen LogP contribution is -2.56. The average Bonchev–Trinajstić information content (AvgIpc) is 2.37. The van der Waals surface area contributed by atoms with Crippen LogP contribution < -0.4 is 5.32 Å². The number of hydrogen-bond acceptors (Lipinski definition) is 3. The molecule has 0 aromatic heterocycles. The van der Waals surface area contributed by atoms with Gasteiger partial charge >= 0.3 is 0 Å². The van der Waals surface area contributed by atoms with E-state index in [0.717, 1.165) is 12.5 Å². The fourth-order valence-corrected chi connectivity index (χ4v) is 2.87. The van der Waals surface area contributed by atoms with E-state index in [4.69, 9.17) is 0 Å². The molecule has 1 saturated heterocycles. The van der Waals surface area contributed by atoms with Crippen LogP contribution >= 0.6 is 0 Å². The Morgan fingerprint density at radius 3 is 2.05 bits per heavy atom. The molecule has 1 rings (SSSR count). The van der Waals surface area contributed by atoms with Crippen molar-refractivity contribution in [2.45, 2.75) is 59.5 Å². The molecule has 2 atom stereocenters. The van der Waals surface area contributed by atoms with Gasteiger partial charge in [-0.25, -0.2) is 0 Å². The zero-order valence-electron chi connectivity index (χ0n) is 14.0. The highest BCUT2D eigenvalue weighted by molar-refractivity contribution is 4.84. The summed E-state index contributed by atoms with van der Waals surface area (Å²) in [6, 6.07) is 0.649. The van der Waals surface area contributed by atoms with Crippen LogP contribution in [0.25, 0.3) is 0 Å². The van der Waals surface area contributed by atoms with Crippen molar-refractivity contribution in [2.75, 3.05) is 39.3 Å². The second-order valence-corrected chi connectivity index (χ2v) is 7.01. The number of piperazine rings is 1. The molecule has 0 aliphatic carbocycles. The molecule has 0 saturated carbocycles. The number of hydrogen-bond donors (Lipinski definition) is 1. The molecule has 0 spiro atoms. The van der Waals surface area contributed by atoms with Crippen molar-refractivity contribution >= 4 is 0 Å².